The van der Waals surface area contributed by atoms with Crippen molar-refractivity contribution in [1.82, 2.24) is 19.5 Å². The Bertz CT molecular complexity index is 997. The van der Waals surface area contributed by atoms with Crippen molar-refractivity contribution in [1.29, 1.82) is 5.41 Å². The maximum Gasteiger partial charge on any atom is 0.226 e. The predicted octanol–water partition coefficient (Wildman–Crippen LogP) is 2.66. The summed E-state index contributed by atoms with van der Waals surface area (Å²) in [4.78, 5) is 12.2. The van der Waals surface area contributed by atoms with Gasteiger partial charge in [0.15, 0.2) is 11.5 Å². The summed E-state index contributed by atoms with van der Waals surface area (Å²) in [6.07, 6.45) is 4.37. The van der Waals surface area contributed by atoms with Gasteiger partial charge in [0.2, 0.25) is 11.0 Å². The molecular formula is C17H18ClN7O3. The number of rotatable bonds is 7. The monoisotopic (exact) mass is 403 g/mol. The molecule has 3 rings (SSSR count). The fraction of sp³-hybridized carbons (Fsp3) is 0.176. The van der Waals surface area contributed by atoms with Crippen molar-refractivity contribution in [2.45, 2.75) is 0 Å². The first-order chi connectivity index (χ1) is 13.5. The molecule has 28 heavy (non-hydrogen) atoms. The minimum atomic E-state index is -0.0327. The molecule has 0 bridgehead atoms. The third kappa shape index (κ3) is 3.62. The standard InChI is InChI=1S/C17H18ClN7O3/c1-26-11-4-9(5-12(27-2)14(11)28-3)25-7-13(21-8-25)22-16-10(6-19)15(20)23-17(18)24-16/h4-8,19H,1-3H3,(H3,20,22,23,24). The molecule has 4 N–H and O–H groups in total. The van der Waals surface area contributed by atoms with Gasteiger partial charge in [-0.1, -0.05) is 0 Å². The summed E-state index contributed by atoms with van der Waals surface area (Å²) < 4.78 is 17.8. The van der Waals surface area contributed by atoms with Crippen molar-refractivity contribution in [2.24, 2.45) is 0 Å². The van der Waals surface area contributed by atoms with Gasteiger partial charge < -0.3 is 35.2 Å². The van der Waals surface area contributed by atoms with Crippen molar-refractivity contribution < 1.29 is 14.2 Å². The molecule has 3 aromatic rings. The molecule has 2 heterocycles. The third-order valence-electron chi connectivity index (χ3n) is 3.87. The highest BCUT2D eigenvalue weighted by molar-refractivity contribution is 6.28. The van der Waals surface area contributed by atoms with Crippen LogP contribution in [0.15, 0.2) is 24.7 Å². The highest BCUT2D eigenvalue weighted by Crippen LogP contribution is 2.39. The van der Waals surface area contributed by atoms with E-state index < -0.39 is 0 Å². The number of nitrogens with zero attached hydrogens (tertiary/aromatic N) is 4. The van der Waals surface area contributed by atoms with Crippen LogP contribution in [0.3, 0.4) is 0 Å². The number of aromatic nitrogens is 4. The van der Waals surface area contributed by atoms with Gasteiger partial charge in [-0.05, 0) is 11.6 Å². The van der Waals surface area contributed by atoms with Crippen LogP contribution in [0.5, 0.6) is 17.2 Å². The van der Waals surface area contributed by atoms with E-state index in [1.54, 1.807) is 50.6 Å². The minimum absolute atomic E-state index is 0.0327. The molecule has 0 unspecified atom stereocenters. The number of nitrogens with two attached hydrogens (primary N) is 1. The lowest BCUT2D eigenvalue weighted by molar-refractivity contribution is 0.324. The molecule has 0 amide bonds. The molecule has 0 aliphatic heterocycles. The van der Waals surface area contributed by atoms with E-state index in [4.69, 9.17) is 37.0 Å². The largest absolute Gasteiger partial charge is 0.493 e. The molecule has 0 fully saturated rings. The van der Waals surface area contributed by atoms with Crippen molar-refractivity contribution in [3.8, 4) is 22.9 Å². The van der Waals surface area contributed by atoms with E-state index in [1.165, 1.54) is 0 Å². The first kappa shape index (κ1) is 19.2. The zero-order valence-corrected chi connectivity index (χ0v) is 16.1. The van der Waals surface area contributed by atoms with E-state index in [2.05, 4.69) is 20.3 Å². The van der Waals surface area contributed by atoms with Gasteiger partial charge in [0.1, 0.15) is 23.8 Å². The number of hydrogen-bond acceptors (Lipinski definition) is 9. The van der Waals surface area contributed by atoms with Gasteiger partial charge in [0.25, 0.3) is 0 Å². The maximum absolute atomic E-state index is 7.50. The Morgan fingerprint density at radius 2 is 1.82 bits per heavy atom. The van der Waals surface area contributed by atoms with E-state index in [9.17, 15) is 0 Å². The molecule has 10 nitrogen and oxygen atoms in total. The second-order valence-corrected chi connectivity index (χ2v) is 5.80. The number of halogens is 1. The number of imidazole rings is 1. The average molecular weight is 404 g/mol. The van der Waals surface area contributed by atoms with Gasteiger partial charge in [-0.25, -0.2) is 9.97 Å². The van der Waals surface area contributed by atoms with Crippen molar-refractivity contribution in [3.05, 3.63) is 35.5 Å². The zero-order valence-electron chi connectivity index (χ0n) is 15.4. The summed E-state index contributed by atoms with van der Waals surface area (Å²) in [7, 11) is 4.63. The van der Waals surface area contributed by atoms with Crippen molar-refractivity contribution in [2.75, 3.05) is 32.4 Å². The van der Waals surface area contributed by atoms with E-state index in [-0.39, 0.29) is 16.9 Å². The van der Waals surface area contributed by atoms with Crippen LogP contribution < -0.4 is 25.3 Å². The Morgan fingerprint density at radius 3 is 2.39 bits per heavy atom. The van der Waals surface area contributed by atoms with Gasteiger partial charge in [-0.15, -0.1) is 0 Å². The first-order valence-corrected chi connectivity index (χ1v) is 8.33. The minimum Gasteiger partial charge on any atom is -0.493 e. The summed E-state index contributed by atoms with van der Waals surface area (Å²) in [5.41, 5.74) is 6.83. The molecule has 11 heteroatoms. The zero-order chi connectivity index (χ0) is 20.3. The average Bonchev–Trinajstić information content (AvgIpc) is 3.15. The molecule has 0 aliphatic rings. The van der Waals surface area contributed by atoms with Gasteiger partial charge in [-0.2, -0.15) is 4.98 Å². The summed E-state index contributed by atoms with van der Waals surface area (Å²) in [6.45, 7) is 0. The molecule has 0 saturated heterocycles. The van der Waals surface area contributed by atoms with Crippen LogP contribution >= 0.6 is 11.6 Å². The van der Waals surface area contributed by atoms with E-state index >= 15 is 0 Å². The van der Waals surface area contributed by atoms with Crippen molar-refractivity contribution in [3.63, 3.8) is 0 Å². The molecular weight excluding hydrogens is 386 g/mol. The number of benzene rings is 1. The summed E-state index contributed by atoms with van der Waals surface area (Å²) >= 11 is 5.86. The quantitative estimate of drug-likeness (QED) is 0.405. The first-order valence-electron chi connectivity index (χ1n) is 7.95. The number of methoxy groups -OCH3 is 3. The van der Waals surface area contributed by atoms with Crippen LogP contribution in [-0.2, 0) is 0 Å². The molecule has 0 saturated carbocycles. The lowest BCUT2D eigenvalue weighted by Gasteiger charge is -2.14. The van der Waals surface area contributed by atoms with Crippen LogP contribution in [0, 0.1) is 5.41 Å². The van der Waals surface area contributed by atoms with Gasteiger partial charge in [0, 0.05) is 18.3 Å². The topological polar surface area (TPSA) is 133 Å². The van der Waals surface area contributed by atoms with Crippen LogP contribution in [0.4, 0.5) is 17.5 Å². The summed E-state index contributed by atoms with van der Waals surface area (Å²) in [6, 6.07) is 3.57. The Labute approximate surface area is 165 Å². The number of nitrogen functional groups attached to an aromatic ring is 1. The van der Waals surface area contributed by atoms with Crippen LogP contribution in [0.2, 0.25) is 5.28 Å². The predicted molar refractivity (Wildman–Crippen MR) is 106 cm³/mol. The van der Waals surface area contributed by atoms with E-state index in [0.717, 1.165) is 11.9 Å². The normalized spacial score (nSPS) is 10.4. The fourth-order valence-electron chi connectivity index (χ4n) is 2.56. The Morgan fingerprint density at radius 1 is 1.14 bits per heavy atom. The second-order valence-electron chi connectivity index (χ2n) is 5.46. The van der Waals surface area contributed by atoms with E-state index in [1.807, 2.05) is 0 Å². The number of hydrogen-bond donors (Lipinski definition) is 3. The molecule has 0 spiro atoms. The number of nitrogens with one attached hydrogen (secondary N) is 2. The Balaban J connectivity index is 1.97. The summed E-state index contributed by atoms with van der Waals surface area (Å²) in [5.74, 6) is 2.37. The lowest BCUT2D eigenvalue weighted by atomic mass is 10.2. The van der Waals surface area contributed by atoms with Crippen LogP contribution in [-0.4, -0.2) is 47.1 Å². The lowest BCUT2D eigenvalue weighted by Crippen LogP contribution is -2.05. The molecule has 0 aliphatic carbocycles. The highest BCUT2D eigenvalue weighted by atomic mass is 35.5. The SMILES string of the molecule is COc1cc(-n2cnc(Nc3nc(Cl)nc(N)c3C=N)c2)cc(OC)c1OC. The molecule has 2 aromatic heterocycles. The van der Waals surface area contributed by atoms with Gasteiger partial charge >= 0.3 is 0 Å². The second kappa shape index (κ2) is 8.01. The summed E-state index contributed by atoms with van der Waals surface area (Å²) in [5, 5.41) is 10.5. The molecule has 0 atom stereocenters. The smallest absolute Gasteiger partial charge is 0.226 e. The number of ether oxygens (including phenoxy) is 3. The third-order valence-corrected chi connectivity index (χ3v) is 4.04. The van der Waals surface area contributed by atoms with Crippen molar-refractivity contribution >= 4 is 35.3 Å². The fourth-order valence-corrected chi connectivity index (χ4v) is 2.74. The van der Waals surface area contributed by atoms with Gasteiger partial charge in [-0.3, -0.25) is 0 Å². The van der Waals surface area contributed by atoms with Gasteiger partial charge in [0.05, 0.1) is 38.8 Å². The number of anilines is 3. The molecule has 0 radical (unpaired) electrons. The Kier molecular flexibility index (Phi) is 5.50. The Hall–Kier alpha value is -3.53. The maximum atomic E-state index is 7.50. The van der Waals surface area contributed by atoms with Crippen LogP contribution in [0.25, 0.3) is 5.69 Å². The molecule has 1 aromatic carbocycles. The molecule has 146 valence electrons. The highest BCUT2D eigenvalue weighted by Gasteiger charge is 2.15. The van der Waals surface area contributed by atoms with E-state index in [0.29, 0.717) is 28.6 Å². The van der Waals surface area contributed by atoms with Crippen LogP contribution in [0.1, 0.15) is 5.56 Å².